The number of nitrogens with one attached hydrogen (secondary N) is 1. The highest BCUT2D eigenvalue weighted by Gasteiger charge is 2.17. The summed E-state index contributed by atoms with van der Waals surface area (Å²) < 4.78 is 26.9. The second-order valence-electron chi connectivity index (χ2n) is 3.16. The Kier molecular flexibility index (Phi) is 3.39. The van der Waals surface area contributed by atoms with Gasteiger partial charge in [0.15, 0.2) is 0 Å². The van der Waals surface area contributed by atoms with Crippen molar-refractivity contribution in [3.63, 3.8) is 0 Å². The molecule has 2 aromatic rings. The van der Waals surface area contributed by atoms with Crippen LogP contribution in [0.25, 0.3) is 0 Å². The highest BCUT2D eigenvalue weighted by Crippen LogP contribution is 2.23. The molecule has 0 aliphatic rings. The van der Waals surface area contributed by atoms with E-state index in [1.54, 1.807) is 18.2 Å². The van der Waals surface area contributed by atoms with Crippen LogP contribution in [0.3, 0.4) is 0 Å². The van der Waals surface area contributed by atoms with Crippen molar-refractivity contribution >= 4 is 31.6 Å². The fraction of sp³-hybridized carbons (Fsp3) is 0. The van der Waals surface area contributed by atoms with Crippen LogP contribution in [0.15, 0.2) is 52.4 Å². The van der Waals surface area contributed by atoms with Gasteiger partial charge in [0.1, 0.15) is 11.2 Å². The quantitative estimate of drug-likeness (QED) is 0.941. The van der Waals surface area contributed by atoms with Crippen LogP contribution in [0.1, 0.15) is 0 Å². The highest BCUT2D eigenvalue weighted by molar-refractivity contribution is 9.10. The van der Waals surface area contributed by atoms with Crippen molar-refractivity contribution in [2.45, 2.75) is 4.90 Å². The maximum atomic E-state index is 12.0. The molecule has 0 saturated carbocycles. The molecule has 0 fully saturated rings. The number of rotatable bonds is 3. The molecular formula is C10H8BrN3O2S. The lowest BCUT2D eigenvalue weighted by Crippen LogP contribution is -2.13. The molecule has 0 amide bonds. The Morgan fingerprint density at radius 3 is 2.41 bits per heavy atom. The standard InChI is InChI=1S/C10H8BrN3O2S/c11-9-3-1-2-4-10(9)17(15,16)14-8-5-12-7-13-6-8/h1-7,14H. The van der Waals surface area contributed by atoms with Crippen LogP contribution in [0, 0.1) is 0 Å². The van der Waals surface area contributed by atoms with Crippen molar-refractivity contribution in [2.24, 2.45) is 0 Å². The van der Waals surface area contributed by atoms with E-state index in [0.717, 1.165) is 0 Å². The molecule has 1 heterocycles. The molecule has 5 nitrogen and oxygen atoms in total. The summed E-state index contributed by atoms with van der Waals surface area (Å²) >= 11 is 3.20. The summed E-state index contributed by atoms with van der Waals surface area (Å²) in [5, 5.41) is 0. The van der Waals surface area contributed by atoms with Gasteiger partial charge in [-0.3, -0.25) is 4.72 Å². The van der Waals surface area contributed by atoms with Crippen LogP contribution in [0.2, 0.25) is 0 Å². The first-order valence-electron chi connectivity index (χ1n) is 4.62. The fourth-order valence-electron chi connectivity index (χ4n) is 1.22. The minimum absolute atomic E-state index is 0.170. The Morgan fingerprint density at radius 1 is 1.12 bits per heavy atom. The summed E-state index contributed by atoms with van der Waals surface area (Å²) in [6.45, 7) is 0. The third-order valence-electron chi connectivity index (χ3n) is 1.94. The van der Waals surface area contributed by atoms with E-state index in [0.29, 0.717) is 10.2 Å². The first-order valence-corrected chi connectivity index (χ1v) is 6.89. The molecule has 7 heteroatoms. The van der Waals surface area contributed by atoms with Crippen LogP contribution in [0.5, 0.6) is 0 Å². The lowest BCUT2D eigenvalue weighted by molar-refractivity contribution is 0.600. The molecule has 0 atom stereocenters. The average Bonchev–Trinajstić information content (AvgIpc) is 2.30. The second-order valence-corrected chi connectivity index (χ2v) is 5.67. The SMILES string of the molecule is O=S(=O)(Nc1cncnc1)c1ccccc1Br. The molecule has 0 aliphatic heterocycles. The Bertz CT molecular complexity index is 616. The Hall–Kier alpha value is -1.47. The normalized spacial score (nSPS) is 11.1. The van der Waals surface area contributed by atoms with E-state index < -0.39 is 10.0 Å². The minimum atomic E-state index is -3.62. The molecule has 88 valence electrons. The predicted molar refractivity (Wildman–Crippen MR) is 67.0 cm³/mol. The molecule has 2 rings (SSSR count). The van der Waals surface area contributed by atoms with Gasteiger partial charge in [-0.05, 0) is 28.1 Å². The van der Waals surface area contributed by atoms with Crippen molar-refractivity contribution in [1.29, 1.82) is 0 Å². The molecule has 1 N–H and O–H groups in total. The number of halogens is 1. The van der Waals surface area contributed by atoms with Crippen molar-refractivity contribution < 1.29 is 8.42 Å². The number of hydrogen-bond acceptors (Lipinski definition) is 4. The maximum absolute atomic E-state index is 12.0. The lowest BCUT2D eigenvalue weighted by Gasteiger charge is -2.08. The molecule has 0 spiro atoms. The van der Waals surface area contributed by atoms with Gasteiger partial charge in [0.25, 0.3) is 10.0 Å². The van der Waals surface area contributed by atoms with E-state index in [1.165, 1.54) is 24.8 Å². The molecule has 17 heavy (non-hydrogen) atoms. The smallest absolute Gasteiger partial charge is 0.263 e. The van der Waals surface area contributed by atoms with E-state index in [4.69, 9.17) is 0 Å². The summed E-state index contributed by atoms with van der Waals surface area (Å²) in [5.74, 6) is 0. The topological polar surface area (TPSA) is 72.0 Å². The van der Waals surface area contributed by atoms with Gasteiger partial charge in [-0.15, -0.1) is 0 Å². The summed E-state index contributed by atoms with van der Waals surface area (Å²) in [5.41, 5.74) is 0.322. The number of benzene rings is 1. The van der Waals surface area contributed by atoms with Gasteiger partial charge in [0.05, 0.1) is 18.1 Å². The van der Waals surface area contributed by atoms with Crippen LogP contribution < -0.4 is 4.72 Å². The van der Waals surface area contributed by atoms with E-state index >= 15 is 0 Å². The second kappa shape index (κ2) is 4.80. The molecule has 0 aliphatic carbocycles. The first kappa shape index (κ1) is 12.0. The van der Waals surface area contributed by atoms with Crippen molar-refractivity contribution in [3.8, 4) is 0 Å². The highest BCUT2D eigenvalue weighted by atomic mass is 79.9. The van der Waals surface area contributed by atoms with Gasteiger partial charge in [-0.25, -0.2) is 18.4 Å². The zero-order valence-electron chi connectivity index (χ0n) is 8.54. The first-order chi connectivity index (χ1) is 8.09. The number of sulfonamides is 1. The Balaban J connectivity index is 2.36. The average molecular weight is 314 g/mol. The van der Waals surface area contributed by atoms with Crippen LogP contribution in [0.4, 0.5) is 5.69 Å². The van der Waals surface area contributed by atoms with Gasteiger partial charge in [0.2, 0.25) is 0 Å². The molecule has 0 radical (unpaired) electrons. The van der Waals surface area contributed by atoms with Crippen molar-refractivity contribution in [1.82, 2.24) is 9.97 Å². The number of anilines is 1. The summed E-state index contributed by atoms with van der Waals surface area (Å²) in [7, 11) is -3.62. The third-order valence-corrected chi connectivity index (χ3v) is 4.33. The zero-order valence-corrected chi connectivity index (χ0v) is 10.9. The van der Waals surface area contributed by atoms with Gasteiger partial charge in [-0.2, -0.15) is 0 Å². The summed E-state index contributed by atoms with van der Waals surface area (Å²) in [6, 6.07) is 6.57. The van der Waals surface area contributed by atoms with Gasteiger partial charge < -0.3 is 0 Å². The Morgan fingerprint density at radius 2 is 1.76 bits per heavy atom. The molecule has 1 aromatic carbocycles. The number of aromatic nitrogens is 2. The van der Waals surface area contributed by atoms with Gasteiger partial charge in [-0.1, -0.05) is 12.1 Å². The molecule has 0 unspecified atom stereocenters. The van der Waals surface area contributed by atoms with Gasteiger partial charge >= 0.3 is 0 Å². The minimum Gasteiger partial charge on any atom is -0.276 e. The monoisotopic (exact) mass is 313 g/mol. The van der Waals surface area contributed by atoms with Crippen molar-refractivity contribution in [3.05, 3.63) is 47.5 Å². The molecule has 0 bridgehead atoms. The number of hydrogen-bond donors (Lipinski definition) is 1. The van der Waals surface area contributed by atoms with E-state index in [9.17, 15) is 8.42 Å². The summed E-state index contributed by atoms with van der Waals surface area (Å²) in [4.78, 5) is 7.64. The van der Waals surface area contributed by atoms with Crippen molar-refractivity contribution in [2.75, 3.05) is 4.72 Å². The molecule has 0 saturated heterocycles. The molecule has 1 aromatic heterocycles. The summed E-state index contributed by atoms with van der Waals surface area (Å²) in [6.07, 6.45) is 4.11. The van der Waals surface area contributed by atoms with Crippen LogP contribution >= 0.6 is 15.9 Å². The van der Waals surface area contributed by atoms with E-state index in [1.807, 2.05) is 0 Å². The third kappa shape index (κ3) is 2.80. The van der Waals surface area contributed by atoms with Crippen LogP contribution in [-0.4, -0.2) is 18.4 Å². The predicted octanol–water partition coefficient (Wildman–Crippen LogP) is 2.04. The maximum Gasteiger partial charge on any atom is 0.263 e. The van der Waals surface area contributed by atoms with E-state index in [-0.39, 0.29) is 4.90 Å². The Labute approximate surface area is 107 Å². The molecular weight excluding hydrogens is 306 g/mol. The zero-order chi connectivity index (χ0) is 12.3. The lowest BCUT2D eigenvalue weighted by atomic mass is 10.4. The number of nitrogens with zero attached hydrogens (tertiary/aromatic N) is 2. The van der Waals surface area contributed by atoms with E-state index in [2.05, 4.69) is 30.6 Å². The van der Waals surface area contributed by atoms with Gasteiger partial charge in [0, 0.05) is 4.47 Å². The van der Waals surface area contributed by atoms with Crippen LogP contribution in [-0.2, 0) is 10.0 Å². The fourth-order valence-corrected chi connectivity index (χ4v) is 3.26. The largest absolute Gasteiger partial charge is 0.276 e.